The number of rotatable bonds is 5. The number of methoxy groups -OCH3 is 1. The third-order valence-corrected chi connectivity index (χ3v) is 2.31. The molecular formula is C11H12N2O6. The molecule has 0 saturated heterocycles. The van der Waals surface area contributed by atoms with Gasteiger partial charge < -0.3 is 15.2 Å². The summed E-state index contributed by atoms with van der Waals surface area (Å²) in [6.45, 7) is -0.606. The molecule has 1 rings (SSSR count). The highest BCUT2D eigenvalue weighted by Crippen LogP contribution is 2.11. The van der Waals surface area contributed by atoms with Crippen molar-refractivity contribution in [3.8, 4) is 0 Å². The van der Waals surface area contributed by atoms with Gasteiger partial charge in [0.2, 0.25) is 0 Å². The molecule has 0 fully saturated rings. The number of benzene rings is 1. The predicted molar refractivity (Wildman–Crippen MR) is 63.5 cm³/mol. The van der Waals surface area contributed by atoms with Crippen LogP contribution in [0.25, 0.3) is 0 Å². The van der Waals surface area contributed by atoms with Crippen LogP contribution in [0.3, 0.4) is 0 Å². The fourth-order valence-corrected chi connectivity index (χ4v) is 1.30. The third kappa shape index (κ3) is 3.75. The monoisotopic (exact) mass is 268 g/mol. The van der Waals surface area contributed by atoms with E-state index < -0.39 is 29.4 Å². The molecule has 0 aliphatic rings. The first-order valence-corrected chi connectivity index (χ1v) is 5.23. The van der Waals surface area contributed by atoms with E-state index in [9.17, 15) is 19.7 Å². The molecule has 102 valence electrons. The molecule has 0 radical (unpaired) electrons. The van der Waals surface area contributed by atoms with Gasteiger partial charge >= 0.3 is 5.97 Å². The van der Waals surface area contributed by atoms with Crippen LogP contribution in [0.4, 0.5) is 5.69 Å². The number of aliphatic hydroxyl groups excluding tert-OH is 1. The number of nitro groups is 1. The molecule has 0 unspecified atom stereocenters. The number of nitro benzene ring substituents is 1. The molecule has 2 N–H and O–H groups in total. The topological polar surface area (TPSA) is 119 Å². The van der Waals surface area contributed by atoms with Gasteiger partial charge in [-0.3, -0.25) is 14.9 Å². The van der Waals surface area contributed by atoms with Crippen molar-refractivity contribution in [1.29, 1.82) is 0 Å². The number of esters is 1. The van der Waals surface area contributed by atoms with E-state index in [4.69, 9.17) is 5.11 Å². The maximum atomic E-state index is 11.7. The average Bonchev–Trinajstić information content (AvgIpc) is 2.43. The number of hydrogen-bond donors (Lipinski definition) is 2. The minimum atomic E-state index is -1.17. The summed E-state index contributed by atoms with van der Waals surface area (Å²) in [5, 5.41) is 21.6. The fourth-order valence-electron chi connectivity index (χ4n) is 1.30. The molecule has 0 aromatic heterocycles. The second-order valence-electron chi connectivity index (χ2n) is 3.54. The maximum Gasteiger partial charge on any atom is 0.330 e. The number of carbonyl (C=O) groups excluding carboxylic acids is 2. The van der Waals surface area contributed by atoms with Gasteiger partial charge in [0.05, 0.1) is 18.6 Å². The first kappa shape index (κ1) is 14.6. The summed E-state index contributed by atoms with van der Waals surface area (Å²) in [6, 6.07) is 3.66. The van der Waals surface area contributed by atoms with E-state index in [2.05, 4.69) is 10.1 Å². The van der Waals surface area contributed by atoms with Crippen LogP contribution >= 0.6 is 0 Å². The Kier molecular flexibility index (Phi) is 4.95. The minimum absolute atomic E-state index is 0.132. The number of carbonyl (C=O) groups is 2. The molecule has 19 heavy (non-hydrogen) atoms. The lowest BCUT2D eigenvalue weighted by atomic mass is 10.2. The van der Waals surface area contributed by atoms with Gasteiger partial charge in [0.25, 0.3) is 11.6 Å². The first-order valence-electron chi connectivity index (χ1n) is 5.23. The predicted octanol–water partition coefficient (Wildman–Crippen LogP) is -0.142. The van der Waals surface area contributed by atoms with E-state index >= 15 is 0 Å². The van der Waals surface area contributed by atoms with E-state index in [1.165, 1.54) is 24.3 Å². The summed E-state index contributed by atoms with van der Waals surface area (Å²) >= 11 is 0. The third-order valence-electron chi connectivity index (χ3n) is 2.31. The molecule has 1 aromatic rings. The van der Waals surface area contributed by atoms with E-state index in [1.807, 2.05) is 0 Å². The van der Waals surface area contributed by atoms with Crippen molar-refractivity contribution in [1.82, 2.24) is 5.32 Å². The van der Waals surface area contributed by atoms with Gasteiger partial charge in [-0.15, -0.1) is 0 Å². The summed E-state index contributed by atoms with van der Waals surface area (Å²) in [4.78, 5) is 32.7. The van der Waals surface area contributed by atoms with Crippen LogP contribution in [0, 0.1) is 10.1 Å². The van der Waals surface area contributed by atoms with Crippen LogP contribution in [-0.2, 0) is 9.53 Å². The van der Waals surface area contributed by atoms with Crippen molar-refractivity contribution in [2.75, 3.05) is 13.7 Å². The quantitative estimate of drug-likeness (QED) is 0.436. The molecule has 8 nitrogen and oxygen atoms in total. The normalized spacial score (nSPS) is 11.5. The van der Waals surface area contributed by atoms with Gasteiger partial charge in [0.15, 0.2) is 6.04 Å². The maximum absolute atomic E-state index is 11.7. The Balaban J connectivity index is 2.77. The van der Waals surface area contributed by atoms with Gasteiger partial charge in [0.1, 0.15) is 0 Å². The molecule has 0 saturated carbocycles. The summed E-state index contributed by atoms with van der Waals surface area (Å²) in [7, 11) is 1.13. The van der Waals surface area contributed by atoms with Crippen LogP contribution in [0.2, 0.25) is 0 Å². The standard InChI is InChI=1S/C11H12N2O6/c1-19-11(16)9(6-14)12-10(15)7-2-4-8(5-3-7)13(17)18/h2-5,9,14H,6H2,1H3,(H,12,15)/t9-/m0/s1. The zero-order valence-electron chi connectivity index (χ0n) is 10.0. The van der Waals surface area contributed by atoms with Gasteiger partial charge in [-0.2, -0.15) is 0 Å². The Hall–Kier alpha value is -2.48. The number of nitrogens with zero attached hydrogens (tertiary/aromatic N) is 1. The minimum Gasteiger partial charge on any atom is -0.467 e. The highest BCUT2D eigenvalue weighted by Gasteiger charge is 2.21. The molecular weight excluding hydrogens is 256 g/mol. The molecule has 0 spiro atoms. The van der Waals surface area contributed by atoms with Crippen molar-refractivity contribution in [2.45, 2.75) is 6.04 Å². The SMILES string of the molecule is COC(=O)[C@H](CO)NC(=O)c1ccc([N+](=O)[O-])cc1. The van der Waals surface area contributed by atoms with E-state index in [0.717, 1.165) is 7.11 Å². The molecule has 1 aromatic carbocycles. The Labute approximate surface area is 108 Å². The van der Waals surface area contributed by atoms with Crippen molar-refractivity contribution in [3.05, 3.63) is 39.9 Å². The van der Waals surface area contributed by atoms with Gasteiger partial charge in [0, 0.05) is 17.7 Å². The van der Waals surface area contributed by atoms with Gasteiger partial charge in [-0.05, 0) is 12.1 Å². The largest absolute Gasteiger partial charge is 0.467 e. The summed E-state index contributed by atoms with van der Waals surface area (Å²) in [5.74, 6) is -1.42. The van der Waals surface area contributed by atoms with Crippen molar-refractivity contribution in [2.24, 2.45) is 0 Å². The number of nitrogens with one attached hydrogen (secondary N) is 1. The van der Waals surface area contributed by atoms with E-state index in [-0.39, 0.29) is 11.3 Å². The Morgan fingerprint density at radius 1 is 1.42 bits per heavy atom. The summed E-state index contributed by atoms with van der Waals surface area (Å²) < 4.78 is 4.39. The van der Waals surface area contributed by atoms with Crippen molar-refractivity contribution >= 4 is 17.6 Å². The summed E-state index contributed by atoms with van der Waals surface area (Å²) in [5.41, 5.74) is -0.0174. The second kappa shape index (κ2) is 6.45. The molecule has 0 aliphatic carbocycles. The molecule has 0 heterocycles. The number of amides is 1. The molecule has 1 atom stereocenters. The van der Waals surface area contributed by atoms with E-state index in [0.29, 0.717) is 0 Å². The van der Waals surface area contributed by atoms with Crippen molar-refractivity contribution in [3.63, 3.8) is 0 Å². The molecule has 0 aliphatic heterocycles. The van der Waals surface area contributed by atoms with Crippen LogP contribution < -0.4 is 5.32 Å². The van der Waals surface area contributed by atoms with Crippen LogP contribution in [-0.4, -0.2) is 41.7 Å². The number of hydrogen-bond acceptors (Lipinski definition) is 6. The first-order chi connectivity index (χ1) is 8.99. The molecule has 0 bridgehead atoms. The van der Waals surface area contributed by atoms with Crippen LogP contribution in [0.1, 0.15) is 10.4 Å². The zero-order valence-corrected chi connectivity index (χ0v) is 10.0. The summed E-state index contributed by atoms with van der Waals surface area (Å²) in [6.07, 6.45) is 0. The Bertz CT molecular complexity index is 484. The van der Waals surface area contributed by atoms with E-state index in [1.54, 1.807) is 0 Å². The lowest BCUT2D eigenvalue weighted by Gasteiger charge is -2.13. The number of ether oxygens (including phenoxy) is 1. The lowest BCUT2D eigenvalue weighted by molar-refractivity contribution is -0.384. The lowest BCUT2D eigenvalue weighted by Crippen LogP contribution is -2.44. The number of non-ortho nitro benzene ring substituents is 1. The number of aliphatic hydroxyl groups is 1. The highest BCUT2D eigenvalue weighted by molar-refractivity contribution is 5.96. The van der Waals surface area contributed by atoms with Gasteiger partial charge in [-0.1, -0.05) is 0 Å². The Morgan fingerprint density at radius 2 is 2.00 bits per heavy atom. The van der Waals surface area contributed by atoms with Crippen molar-refractivity contribution < 1.29 is 24.4 Å². The van der Waals surface area contributed by atoms with Crippen LogP contribution in [0.15, 0.2) is 24.3 Å². The highest BCUT2D eigenvalue weighted by atomic mass is 16.6. The average molecular weight is 268 g/mol. The molecule has 1 amide bonds. The fraction of sp³-hybridized carbons (Fsp3) is 0.273. The smallest absolute Gasteiger partial charge is 0.330 e. The Morgan fingerprint density at radius 3 is 2.42 bits per heavy atom. The second-order valence-corrected chi connectivity index (χ2v) is 3.54. The van der Waals surface area contributed by atoms with Gasteiger partial charge in [-0.25, -0.2) is 4.79 Å². The zero-order chi connectivity index (χ0) is 14.4. The molecule has 8 heteroatoms. The van der Waals surface area contributed by atoms with Crippen LogP contribution in [0.5, 0.6) is 0 Å².